The van der Waals surface area contributed by atoms with Gasteiger partial charge in [-0.2, -0.15) is 5.10 Å². The number of nitrogens with zero attached hydrogens (tertiary/aromatic N) is 3. The Bertz CT molecular complexity index is 653. The van der Waals surface area contributed by atoms with Gasteiger partial charge in [-0.3, -0.25) is 14.6 Å². The third kappa shape index (κ3) is 3.06. The van der Waals surface area contributed by atoms with E-state index in [9.17, 15) is 9.59 Å². The average molecular weight is 278 g/mol. The van der Waals surface area contributed by atoms with Crippen LogP contribution in [0, 0.1) is 0 Å². The molecule has 0 aliphatic carbocycles. The van der Waals surface area contributed by atoms with Gasteiger partial charge in [0.1, 0.15) is 5.69 Å². The SMILES string of the molecule is CCn1nc(-c2ccccn2)cc(CC(=O)Cl)c1=O. The van der Waals surface area contributed by atoms with Crippen molar-refractivity contribution < 1.29 is 4.79 Å². The van der Waals surface area contributed by atoms with Gasteiger partial charge in [-0.25, -0.2) is 4.68 Å². The second-order valence-corrected chi connectivity index (χ2v) is 4.34. The first-order valence-electron chi connectivity index (χ1n) is 5.82. The summed E-state index contributed by atoms with van der Waals surface area (Å²) in [6.45, 7) is 2.23. The first-order chi connectivity index (χ1) is 9.11. The van der Waals surface area contributed by atoms with Crippen LogP contribution in [0.4, 0.5) is 0 Å². The Kier molecular flexibility index (Phi) is 4.06. The van der Waals surface area contributed by atoms with Gasteiger partial charge in [0.2, 0.25) is 5.24 Å². The van der Waals surface area contributed by atoms with Crippen molar-refractivity contribution in [1.82, 2.24) is 14.8 Å². The maximum absolute atomic E-state index is 12.0. The molecule has 2 aromatic rings. The molecule has 0 bridgehead atoms. The molecule has 19 heavy (non-hydrogen) atoms. The van der Waals surface area contributed by atoms with Crippen LogP contribution >= 0.6 is 11.6 Å². The standard InChI is InChI=1S/C13H12ClN3O2/c1-2-17-13(19)9(8-12(14)18)7-11(16-17)10-5-3-4-6-15-10/h3-7H,2,8H2,1H3. The van der Waals surface area contributed by atoms with Gasteiger partial charge in [-0.05, 0) is 36.7 Å². The van der Waals surface area contributed by atoms with Gasteiger partial charge < -0.3 is 0 Å². The maximum Gasteiger partial charge on any atom is 0.270 e. The van der Waals surface area contributed by atoms with Crippen molar-refractivity contribution in [3.8, 4) is 11.4 Å². The monoisotopic (exact) mass is 277 g/mol. The van der Waals surface area contributed by atoms with Gasteiger partial charge >= 0.3 is 0 Å². The highest BCUT2D eigenvalue weighted by atomic mass is 35.5. The molecule has 2 aromatic heterocycles. The number of hydrogen-bond acceptors (Lipinski definition) is 4. The molecule has 0 unspecified atom stereocenters. The van der Waals surface area contributed by atoms with Crippen LogP contribution in [0.15, 0.2) is 35.3 Å². The molecule has 0 aromatic carbocycles. The molecular formula is C13H12ClN3O2. The molecule has 0 aliphatic heterocycles. The average Bonchev–Trinajstić information content (AvgIpc) is 2.41. The minimum atomic E-state index is -0.571. The molecule has 5 nitrogen and oxygen atoms in total. The number of pyridine rings is 1. The van der Waals surface area contributed by atoms with E-state index in [1.807, 2.05) is 13.0 Å². The van der Waals surface area contributed by atoms with Gasteiger partial charge in [0.05, 0.1) is 12.1 Å². The van der Waals surface area contributed by atoms with Crippen LogP contribution < -0.4 is 5.56 Å². The highest BCUT2D eigenvalue weighted by molar-refractivity contribution is 6.63. The molecule has 0 spiro atoms. The van der Waals surface area contributed by atoms with Crippen molar-refractivity contribution in [2.24, 2.45) is 0 Å². The molecule has 0 N–H and O–H groups in total. The third-order valence-electron chi connectivity index (χ3n) is 2.60. The number of carbonyl (C=O) groups excluding carboxylic acids is 1. The van der Waals surface area contributed by atoms with Gasteiger partial charge in [0, 0.05) is 18.3 Å². The second-order valence-electron chi connectivity index (χ2n) is 3.92. The summed E-state index contributed by atoms with van der Waals surface area (Å²) in [4.78, 5) is 27.2. The van der Waals surface area contributed by atoms with Crippen LogP contribution in [0.3, 0.4) is 0 Å². The van der Waals surface area contributed by atoms with E-state index in [0.29, 0.717) is 23.5 Å². The Hall–Kier alpha value is -2.01. The first-order valence-corrected chi connectivity index (χ1v) is 6.20. The van der Waals surface area contributed by atoms with E-state index in [2.05, 4.69) is 10.1 Å². The van der Waals surface area contributed by atoms with Crippen molar-refractivity contribution in [2.45, 2.75) is 19.9 Å². The summed E-state index contributed by atoms with van der Waals surface area (Å²) in [5, 5.41) is 3.64. The zero-order valence-corrected chi connectivity index (χ0v) is 11.1. The van der Waals surface area contributed by atoms with E-state index >= 15 is 0 Å². The van der Waals surface area contributed by atoms with E-state index in [0.717, 1.165) is 0 Å². The summed E-state index contributed by atoms with van der Waals surface area (Å²) in [5.74, 6) is 0. The summed E-state index contributed by atoms with van der Waals surface area (Å²) in [7, 11) is 0. The fraction of sp³-hybridized carbons (Fsp3) is 0.231. The van der Waals surface area contributed by atoms with Gasteiger partial charge in [-0.15, -0.1) is 0 Å². The number of rotatable bonds is 4. The molecule has 0 saturated heterocycles. The Morgan fingerprint density at radius 1 is 1.37 bits per heavy atom. The quantitative estimate of drug-likeness (QED) is 0.797. The van der Waals surface area contributed by atoms with E-state index < -0.39 is 5.24 Å². The van der Waals surface area contributed by atoms with Gasteiger partial charge in [0.15, 0.2) is 0 Å². The normalized spacial score (nSPS) is 10.4. The van der Waals surface area contributed by atoms with Crippen LogP contribution in [-0.2, 0) is 17.8 Å². The Morgan fingerprint density at radius 3 is 2.74 bits per heavy atom. The Labute approximate surface area is 114 Å². The fourth-order valence-electron chi connectivity index (χ4n) is 1.73. The fourth-order valence-corrected chi connectivity index (χ4v) is 1.87. The molecule has 0 aliphatic rings. The lowest BCUT2D eigenvalue weighted by Crippen LogP contribution is -2.26. The number of aryl methyl sites for hydroxylation is 1. The van der Waals surface area contributed by atoms with Crippen molar-refractivity contribution in [3.63, 3.8) is 0 Å². The van der Waals surface area contributed by atoms with E-state index in [4.69, 9.17) is 11.6 Å². The Morgan fingerprint density at radius 2 is 2.16 bits per heavy atom. The predicted molar refractivity (Wildman–Crippen MR) is 72.0 cm³/mol. The zero-order chi connectivity index (χ0) is 13.8. The minimum absolute atomic E-state index is 0.108. The van der Waals surface area contributed by atoms with E-state index in [1.54, 1.807) is 24.4 Å². The highest BCUT2D eigenvalue weighted by Crippen LogP contribution is 2.13. The maximum atomic E-state index is 12.0. The van der Waals surface area contributed by atoms with Crippen LogP contribution in [0.25, 0.3) is 11.4 Å². The smallest absolute Gasteiger partial charge is 0.270 e. The second kappa shape index (κ2) is 5.75. The summed E-state index contributed by atoms with van der Waals surface area (Å²) < 4.78 is 1.30. The van der Waals surface area contributed by atoms with Crippen LogP contribution in [-0.4, -0.2) is 20.0 Å². The lowest BCUT2D eigenvalue weighted by atomic mass is 10.1. The molecule has 2 rings (SSSR count). The lowest BCUT2D eigenvalue weighted by Gasteiger charge is -2.07. The lowest BCUT2D eigenvalue weighted by molar-refractivity contribution is -0.111. The Balaban J connectivity index is 2.57. The summed E-state index contributed by atoms with van der Waals surface area (Å²) in [6, 6.07) is 6.98. The minimum Gasteiger partial charge on any atom is -0.281 e. The summed E-state index contributed by atoms with van der Waals surface area (Å²) in [5.41, 5.74) is 1.23. The van der Waals surface area contributed by atoms with Crippen molar-refractivity contribution in [3.05, 3.63) is 46.4 Å². The van der Waals surface area contributed by atoms with Gasteiger partial charge in [-0.1, -0.05) is 6.07 Å². The number of halogens is 1. The number of carbonyl (C=O) groups is 1. The van der Waals surface area contributed by atoms with E-state index in [1.165, 1.54) is 4.68 Å². The molecule has 2 heterocycles. The van der Waals surface area contributed by atoms with Crippen LogP contribution in [0.5, 0.6) is 0 Å². The summed E-state index contributed by atoms with van der Waals surface area (Å²) in [6.07, 6.45) is 1.54. The molecular weight excluding hydrogens is 266 g/mol. The largest absolute Gasteiger partial charge is 0.281 e. The molecule has 6 heteroatoms. The molecule has 0 amide bonds. The summed E-state index contributed by atoms with van der Waals surface area (Å²) >= 11 is 5.36. The van der Waals surface area contributed by atoms with E-state index in [-0.39, 0.29) is 12.0 Å². The van der Waals surface area contributed by atoms with Crippen molar-refractivity contribution >= 4 is 16.8 Å². The predicted octanol–water partition coefficient (Wildman–Crippen LogP) is 1.63. The van der Waals surface area contributed by atoms with Crippen LogP contribution in [0.1, 0.15) is 12.5 Å². The molecule has 98 valence electrons. The molecule has 0 saturated carbocycles. The van der Waals surface area contributed by atoms with Crippen LogP contribution in [0.2, 0.25) is 0 Å². The van der Waals surface area contributed by atoms with Crippen molar-refractivity contribution in [1.29, 1.82) is 0 Å². The molecule has 0 radical (unpaired) electrons. The molecule has 0 fully saturated rings. The topological polar surface area (TPSA) is 64.8 Å². The molecule has 0 atom stereocenters. The number of aromatic nitrogens is 3. The zero-order valence-electron chi connectivity index (χ0n) is 10.3. The highest BCUT2D eigenvalue weighted by Gasteiger charge is 2.12. The van der Waals surface area contributed by atoms with Gasteiger partial charge in [0.25, 0.3) is 5.56 Å². The van der Waals surface area contributed by atoms with Crippen molar-refractivity contribution in [2.75, 3.05) is 0 Å². The first kappa shape index (κ1) is 13.4. The number of hydrogen-bond donors (Lipinski definition) is 0. The third-order valence-corrected chi connectivity index (χ3v) is 2.74.